The third kappa shape index (κ3) is 5.11. The molecule has 1 heterocycles. The van der Waals surface area contributed by atoms with E-state index in [1.54, 1.807) is 47.1 Å². The summed E-state index contributed by atoms with van der Waals surface area (Å²) in [6, 6.07) is 14.4. The van der Waals surface area contributed by atoms with Gasteiger partial charge in [-0.05, 0) is 60.9 Å². The second kappa shape index (κ2) is 9.35. The zero-order valence-corrected chi connectivity index (χ0v) is 17.3. The van der Waals surface area contributed by atoms with Gasteiger partial charge in [0, 0.05) is 24.3 Å². The monoisotopic (exact) mass is 408 g/mol. The van der Waals surface area contributed by atoms with Crippen LogP contribution in [-0.4, -0.2) is 21.6 Å². The van der Waals surface area contributed by atoms with Crippen molar-refractivity contribution in [3.63, 3.8) is 0 Å². The molecule has 0 aliphatic heterocycles. The topological polar surface area (TPSA) is 76.0 Å². The van der Waals surface area contributed by atoms with Gasteiger partial charge in [-0.3, -0.25) is 14.3 Å². The number of rotatable bonds is 7. The van der Waals surface area contributed by atoms with Crippen molar-refractivity contribution in [3.8, 4) is 0 Å². The van der Waals surface area contributed by atoms with Crippen molar-refractivity contribution >= 4 is 17.5 Å². The van der Waals surface area contributed by atoms with Crippen LogP contribution in [0.3, 0.4) is 0 Å². The van der Waals surface area contributed by atoms with Crippen molar-refractivity contribution in [1.29, 1.82) is 0 Å². The standard InChI is InChI=1S/C23H25FN4O2/c1-4-28-21(13-20(27-28)15(2)3)23(30)26-19-11-7-17(8-12-19)22(29)25-14-16-5-9-18(24)10-6-16/h5-13,15H,4,14H2,1-3H3,(H,25,29)(H,26,30). The highest BCUT2D eigenvalue weighted by Crippen LogP contribution is 2.17. The van der Waals surface area contributed by atoms with E-state index >= 15 is 0 Å². The van der Waals surface area contributed by atoms with E-state index in [0.29, 0.717) is 30.0 Å². The molecule has 0 saturated heterocycles. The molecule has 0 bridgehead atoms. The summed E-state index contributed by atoms with van der Waals surface area (Å²) < 4.78 is 14.6. The molecule has 0 spiro atoms. The Morgan fingerprint density at radius 1 is 1.03 bits per heavy atom. The van der Waals surface area contributed by atoms with Crippen LogP contribution in [0.25, 0.3) is 0 Å². The van der Waals surface area contributed by atoms with Gasteiger partial charge in [0.25, 0.3) is 11.8 Å². The SMILES string of the molecule is CCn1nc(C(C)C)cc1C(=O)Nc1ccc(C(=O)NCc2ccc(F)cc2)cc1. The molecule has 0 atom stereocenters. The summed E-state index contributed by atoms with van der Waals surface area (Å²) in [5.74, 6) is -0.574. The van der Waals surface area contributed by atoms with Crippen LogP contribution >= 0.6 is 0 Å². The summed E-state index contributed by atoms with van der Waals surface area (Å²) in [5, 5.41) is 10.1. The highest BCUT2D eigenvalue weighted by molar-refractivity contribution is 6.03. The number of hydrogen-bond acceptors (Lipinski definition) is 3. The molecule has 0 unspecified atom stereocenters. The summed E-state index contributed by atoms with van der Waals surface area (Å²) in [4.78, 5) is 25.0. The lowest BCUT2D eigenvalue weighted by molar-refractivity contribution is 0.0950. The Kier molecular flexibility index (Phi) is 6.61. The number of amides is 2. The summed E-state index contributed by atoms with van der Waals surface area (Å²) >= 11 is 0. The lowest BCUT2D eigenvalue weighted by atomic mass is 10.1. The molecule has 2 aromatic carbocycles. The smallest absolute Gasteiger partial charge is 0.273 e. The van der Waals surface area contributed by atoms with E-state index in [4.69, 9.17) is 0 Å². The fourth-order valence-electron chi connectivity index (χ4n) is 2.93. The predicted molar refractivity (Wildman–Crippen MR) is 114 cm³/mol. The largest absolute Gasteiger partial charge is 0.348 e. The molecule has 0 saturated carbocycles. The average Bonchev–Trinajstić information content (AvgIpc) is 3.19. The molecule has 1 aromatic heterocycles. The number of aryl methyl sites for hydroxylation is 1. The molecular formula is C23H25FN4O2. The van der Waals surface area contributed by atoms with E-state index in [0.717, 1.165) is 11.3 Å². The van der Waals surface area contributed by atoms with Crippen LogP contribution in [0.1, 0.15) is 58.8 Å². The van der Waals surface area contributed by atoms with Gasteiger partial charge in [0.05, 0.1) is 5.69 Å². The zero-order chi connectivity index (χ0) is 21.7. The molecule has 156 valence electrons. The first-order valence-electron chi connectivity index (χ1n) is 9.89. The van der Waals surface area contributed by atoms with Crippen molar-refractivity contribution in [1.82, 2.24) is 15.1 Å². The number of hydrogen-bond donors (Lipinski definition) is 2. The maximum absolute atomic E-state index is 12.9. The van der Waals surface area contributed by atoms with Crippen LogP contribution < -0.4 is 10.6 Å². The van der Waals surface area contributed by atoms with E-state index in [1.807, 2.05) is 20.8 Å². The molecule has 7 heteroatoms. The van der Waals surface area contributed by atoms with E-state index < -0.39 is 0 Å². The van der Waals surface area contributed by atoms with Crippen molar-refractivity contribution < 1.29 is 14.0 Å². The molecule has 0 aliphatic carbocycles. The molecule has 2 N–H and O–H groups in total. The highest BCUT2D eigenvalue weighted by Gasteiger charge is 2.16. The summed E-state index contributed by atoms with van der Waals surface area (Å²) in [5.41, 5.74) is 3.24. The number of anilines is 1. The van der Waals surface area contributed by atoms with Gasteiger partial charge < -0.3 is 10.6 Å². The fourth-order valence-corrected chi connectivity index (χ4v) is 2.93. The molecule has 30 heavy (non-hydrogen) atoms. The molecule has 0 fully saturated rings. The van der Waals surface area contributed by atoms with Gasteiger partial charge in [0.1, 0.15) is 11.5 Å². The van der Waals surface area contributed by atoms with Gasteiger partial charge in [0.2, 0.25) is 0 Å². The number of halogens is 1. The minimum absolute atomic E-state index is 0.233. The Labute approximate surface area is 175 Å². The molecule has 6 nitrogen and oxygen atoms in total. The normalized spacial score (nSPS) is 10.8. The first-order chi connectivity index (χ1) is 14.4. The lowest BCUT2D eigenvalue weighted by Crippen LogP contribution is -2.22. The Morgan fingerprint density at radius 2 is 1.70 bits per heavy atom. The van der Waals surface area contributed by atoms with Crippen LogP contribution in [0.5, 0.6) is 0 Å². The molecule has 2 amide bonds. The first kappa shape index (κ1) is 21.2. The van der Waals surface area contributed by atoms with Crippen LogP contribution in [0.2, 0.25) is 0 Å². The summed E-state index contributed by atoms with van der Waals surface area (Å²) in [6.07, 6.45) is 0. The van der Waals surface area contributed by atoms with E-state index in [1.165, 1.54) is 12.1 Å². The van der Waals surface area contributed by atoms with Gasteiger partial charge in [-0.1, -0.05) is 26.0 Å². The van der Waals surface area contributed by atoms with Crippen molar-refractivity contribution in [3.05, 3.63) is 82.9 Å². The maximum atomic E-state index is 12.9. The highest BCUT2D eigenvalue weighted by atomic mass is 19.1. The number of nitrogens with one attached hydrogen (secondary N) is 2. The van der Waals surface area contributed by atoms with Crippen molar-refractivity contribution in [2.45, 2.75) is 39.8 Å². The number of benzene rings is 2. The Bertz CT molecular complexity index is 1020. The minimum atomic E-state index is -0.315. The third-order valence-corrected chi connectivity index (χ3v) is 4.69. The Balaban J connectivity index is 1.62. The Morgan fingerprint density at radius 3 is 2.30 bits per heavy atom. The molecule has 3 rings (SSSR count). The summed E-state index contributed by atoms with van der Waals surface area (Å²) in [6.45, 7) is 6.90. The van der Waals surface area contributed by atoms with Gasteiger partial charge in [-0.2, -0.15) is 5.10 Å². The number of carbonyl (C=O) groups is 2. The first-order valence-corrected chi connectivity index (χ1v) is 9.89. The molecule has 0 radical (unpaired) electrons. The van der Waals surface area contributed by atoms with Gasteiger partial charge >= 0.3 is 0 Å². The molecule has 3 aromatic rings. The average molecular weight is 408 g/mol. The van der Waals surface area contributed by atoms with Gasteiger partial charge in [-0.15, -0.1) is 0 Å². The lowest BCUT2D eigenvalue weighted by Gasteiger charge is -2.08. The second-order valence-corrected chi connectivity index (χ2v) is 7.27. The Hall–Kier alpha value is -3.48. The van der Waals surface area contributed by atoms with Gasteiger partial charge in [-0.25, -0.2) is 4.39 Å². The molecular weight excluding hydrogens is 383 g/mol. The second-order valence-electron chi connectivity index (χ2n) is 7.27. The zero-order valence-electron chi connectivity index (χ0n) is 17.3. The van der Waals surface area contributed by atoms with Crippen molar-refractivity contribution in [2.24, 2.45) is 0 Å². The van der Waals surface area contributed by atoms with Crippen LogP contribution in [0.4, 0.5) is 10.1 Å². The number of carbonyl (C=O) groups excluding carboxylic acids is 2. The quantitative estimate of drug-likeness (QED) is 0.610. The van der Waals surface area contributed by atoms with Crippen molar-refractivity contribution in [2.75, 3.05) is 5.32 Å². The minimum Gasteiger partial charge on any atom is -0.348 e. The molecule has 0 aliphatic rings. The van der Waals surface area contributed by atoms with Crippen LogP contribution in [0.15, 0.2) is 54.6 Å². The van der Waals surface area contributed by atoms with Crippen LogP contribution in [-0.2, 0) is 13.1 Å². The number of nitrogens with zero attached hydrogens (tertiary/aromatic N) is 2. The van der Waals surface area contributed by atoms with Crippen LogP contribution in [0, 0.1) is 5.82 Å². The maximum Gasteiger partial charge on any atom is 0.273 e. The van der Waals surface area contributed by atoms with Gasteiger partial charge in [0.15, 0.2) is 0 Å². The summed E-state index contributed by atoms with van der Waals surface area (Å²) in [7, 11) is 0. The predicted octanol–water partition coefficient (Wildman–Crippen LogP) is 4.35. The number of aromatic nitrogens is 2. The van der Waals surface area contributed by atoms with E-state index in [-0.39, 0.29) is 23.5 Å². The van der Waals surface area contributed by atoms with E-state index in [9.17, 15) is 14.0 Å². The van der Waals surface area contributed by atoms with E-state index in [2.05, 4.69) is 15.7 Å². The fraction of sp³-hybridized carbons (Fsp3) is 0.261. The third-order valence-electron chi connectivity index (χ3n) is 4.69.